The summed E-state index contributed by atoms with van der Waals surface area (Å²) in [6, 6.07) is 4.65. The van der Waals surface area contributed by atoms with Gasteiger partial charge in [-0.25, -0.2) is 9.97 Å². The van der Waals surface area contributed by atoms with Gasteiger partial charge in [-0.15, -0.1) is 0 Å². The zero-order chi connectivity index (χ0) is 12.7. The van der Waals surface area contributed by atoms with Crippen molar-refractivity contribution in [1.82, 2.24) is 14.5 Å². The second kappa shape index (κ2) is 4.60. The van der Waals surface area contributed by atoms with E-state index in [0.717, 1.165) is 24.2 Å². The molecule has 2 aromatic heterocycles. The highest BCUT2D eigenvalue weighted by Crippen LogP contribution is 2.38. The molecule has 3 heterocycles. The fraction of sp³-hybridized carbons (Fsp3) is 0.600. The third kappa shape index (κ3) is 2.14. The summed E-state index contributed by atoms with van der Waals surface area (Å²) in [4.78, 5) is 9.30. The van der Waals surface area contributed by atoms with Gasteiger partial charge in [-0.3, -0.25) is 0 Å². The quantitative estimate of drug-likeness (QED) is 0.848. The van der Waals surface area contributed by atoms with Gasteiger partial charge in [0.25, 0.3) is 0 Å². The van der Waals surface area contributed by atoms with Crippen LogP contribution in [-0.4, -0.2) is 27.2 Å². The molecule has 0 N–H and O–H groups in total. The van der Waals surface area contributed by atoms with Crippen LogP contribution in [0.5, 0.6) is 0 Å². The highest BCUT2D eigenvalue weighted by molar-refractivity contribution is 5.71. The summed E-state index contributed by atoms with van der Waals surface area (Å²) >= 11 is 0. The standard InChI is InChI=1S/C15H19N3O/c1-2-9-19-12(4-1)10-14-17-13-5-3-8-16-15(13)18(14)11-6-7-11/h3,5,8,11-12H,1-2,4,6-7,9-10H2. The minimum Gasteiger partial charge on any atom is -0.378 e. The van der Waals surface area contributed by atoms with E-state index in [1.807, 2.05) is 12.3 Å². The minimum absolute atomic E-state index is 0.350. The molecule has 1 atom stereocenters. The molecule has 0 aromatic carbocycles. The Morgan fingerprint density at radius 1 is 1.26 bits per heavy atom. The Morgan fingerprint density at radius 3 is 3.00 bits per heavy atom. The van der Waals surface area contributed by atoms with Gasteiger partial charge in [0.15, 0.2) is 5.65 Å². The average Bonchev–Trinajstić information content (AvgIpc) is 3.21. The van der Waals surface area contributed by atoms with E-state index in [0.29, 0.717) is 12.1 Å². The maximum absolute atomic E-state index is 5.86. The first-order valence-corrected chi connectivity index (χ1v) is 7.35. The van der Waals surface area contributed by atoms with Gasteiger partial charge in [0.1, 0.15) is 11.3 Å². The van der Waals surface area contributed by atoms with Crippen molar-refractivity contribution in [2.75, 3.05) is 6.61 Å². The van der Waals surface area contributed by atoms with Crippen molar-refractivity contribution in [2.45, 2.75) is 50.7 Å². The Morgan fingerprint density at radius 2 is 2.21 bits per heavy atom. The average molecular weight is 257 g/mol. The van der Waals surface area contributed by atoms with Gasteiger partial charge >= 0.3 is 0 Å². The summed E-state index contributed by atoms with van der Waals surface area (Å²) in [7, 11) is 0. The van der Waals surface area contributed by atoms with Crippen LogP contribution in [0.15, 0.2) is 18.3 Å². The summed E-state index contributed by atoms with van der Waals surface area (Å²) in [6.07, 6.45) is 9.34. The molecular formula is C15H19N3O. The normalized spacial score (nSPS) is 23.9. The number of pyridine rings is 1. The summed E-state index contributed by atoms with van der Waals surface area (Å²) in [5.41, 5.74) is 2.08. The van der Waals surface area contributed by atoms with Crippen molar-refractivity contribution < 1.29 is 4.74 Å². The highest BCUT2D eigenvalue weighted by atomic mass is 16.5. The smallest absolute Gasteiger partial charge is 0.160 e. The topological polar surface area (TPSA) is 39.9 Å². The zero-order valence-electron chi connectivity index (χ0n) is 11.1. The summed E-state index contributed by atoms with van der Waals surface area (Å²) in [6.45, 7) is 0.909. The Hall–Kier alpha value is -1.42. The van der Waals surface area contributed by atoms with Crippen LogP contribution < -0.4 is 0 Å². The molecule has 4 nitrogen and oxygen atoms in total. The number of aromatic nitrogens is 3. The first kappa shape index (κ1) is 11.4. The van der Waals surface area contributed by atoms with Crippen LogP contribution in [0.2, 0.25) is 0 Å². The van der Waals surface area contributed by atoms with Crippen molar-refractivity contribution in [2.24, 2.45) is 0 Å². The molecule has 0 radical (unpaired) electrons. The molecule has 19 heavy (non-hydrogen) atoms. The fourth-order valence-electron chi connectivity index (χ4n) is 3.01. The van der Waals surface area contributed by atoms with Gasteiger partial charge in [0.2, 0.25) is 0 Å². The molecule has 1 aliphatic carbocycles. The molecule has 2 fully saturated rings. The van der Waals surface area contributed by atoms with Crippen LogP contribution in [0.4, 0.5) is 0 Å². The Balaban J connectivity index is 1.69. The third-order valence-electron chi connectivity index (χ3n) is 4.12. The van der Waals surface area contributed by atoms with Gasteiger partial charge in [-0.2, -0.15) is 0 Å². The van der Waals surface area contributed by atoms with Crippen LogP contribution in [0.3, 0.4) is 0 Å². The van der Waals surface area contributed by atoms with Gasteiger partial charge in [0, 0.05) is 25.3 Å². The maximum Gasteiger partial charge on any atom is 0.160 e. The molecule has 1 unspecified atom stereocenters. The lowest BCUT2D eigenvalue weighted by Gasteiger charge is -2.22. The number of ether oxygens (including phenoxy) is 1. The predicted octanol–water partition coefficient (Wildman–Crippen LogP) is 2.88. The van der Waals surface area contributed by atoms with Crippen LogP contribution >= 0.6 is 0 Å². The second-order valence-corrected chi connectivity index (χ2v) is 5.67. The van der Waals surface area contributed by atoms with E-state index in [1.165, 1.54) is 37.9 Å². The molecule has 1 saturated heterocycles. The van der Waals surface area contributed by atoms with Crippen LogP contribution in [-0.2, 0) is 11.2 Å². The molecule has 4 rings (SSSR count). The van der Waals surface area contributed by atoms with E-state index in [9.17, 15) is 0 Å². The Bertz CT molecular complexity index is 582. The van der Waals surface area contributed by atoms with E-state index < -0.39 is 0 Å². The number of hydrogen-bond acceptors (Lipinski definition) is 3. The first-order valence-electron chi connectivity index (χ1n) is 7.35. The minimum atomic E-state index is 0.350. The van der Waals surface area contributed by atoms with Crippen molar-refractivity contribution in [1.29, 1.82) is 0 Å². The summed E-state index contributed by atoms with van der Waals surface area (Å²) < 4.78 is 8.21. The molecule has 2 aromatic rings. The van der Waals surface area contributed by atoms with E-state index in [-0.39, 0.29) is 0 Å². The summed E-state index contributed by atoms with van der Waals surface area (Å²) in [5, 5.41) is 0. The van der Waals surface area contributed by atoms with Crippen molar-refractivity contribution in [3.05, 3.63) is 24.2 Å². The monoisotopic (exact) mass is 257 g/mol. The summed E-state index contributed by atoms with van der Waals surface area (Å²) in [5.74, 6) is 1.17. The number of rotatable bonds is 3. The number of imidazole rings is 1. The van der Waals surface area contributed by atoms with E-state index in [2.05, 4.69) is 15.6 Å². The third-order valence-corrected chi connectivity index (χ3v) is 4.12. The predicted molar refractivity (Wildman–Crippen MR) is 73.1 cm³/mol. The molecule has 0 bridgehead atoms. The Kier molecular flexibility index (Phi) is 2.76. The van der Waals surface area contributed by atoms with Gasteiger partial charge in [-0.1, -0.05) is 0 Å². The van der Waals surface area contributed by atoms with E-state index in [4.69, 9.17) is 9.72 Å². The van der Waals surface area contributed by atoms with Gasteiger partial charge in [0.05, 0.1) is 6.10 Å². The lowest BCUT2D eigenvalue weighted by molar-refractivity contribution is 0.0152. The SMILES string of the molecule is c1cnc2c(c1)nc(CC1CCCCO1)n2C1CC1. The Labute approximate surface area is 112 Å². The van der Waals surface area contributed by atoms with Crippen LogP contribution in [0.1, 0.15) is 44.0 Å². The van der Waals surface area contributed by atoms with Crippen molar-refractivity contribution >= 4 is 11.2 Å². The first-order chi connectivity index (χ1) is 9.42. The number of fused-ring (bicyclic) bond motifs is 1. The largest absolute Gasteiger partial charge is 0.378 e. The molecule has 0 spiro atoms. The molecule has 1 saturated carbocycles. The van der Waals surface area contributed by atoms with Gasteiger partial charge in [-0.05, 0) is 44.2 Å². The van der Waals surface area contributed by atoms with Crippen molar-refractivity contribution in [3.8, 4) is 0 Å². The lowest BCUT2D eigenvalue weighted by Crippen LogP contribution is -2.23. The van der Waals surface area contributed by atoms with Crippen molar-refractivity contribution in [3.63, 3.8) is 0 Å². The number of nitrogens with zero attached hydrogens (tertiary/aromatic N) is 3. The fourth-order valence-corrected chi connectivity index (χ4v) is 3.01. The van der Waals surface area contributed by atoms with E-state index >= 15 is 0 Å². The van der Waals surface area contributed by atoms with Gasteiger partial charge < -0.3 is 9.30 Å². The maximum atomic E-state index is 5.86. The molecule has 100 valence electrons. The van der Waals surface area contributed by atoms with Crippen LogP contribution in [0.25, 0.3) is 11.2 Å². The molecule has 1 aliphatic heterocycles. The molecule has 0 amide bonds. The molecule has 2 aliphatic rings. The number of hydrogen-bond donors (Lipinski definition) is 0. The highest BCUT2D eigenvalue weighted by Gasteiger charge is 2.29. The molecule has 4 heteroatoms. The van der Waals surface area contributed by atoms with E-state index in [1.54, 1.807) is 0 Å². The zero-order valence-corrected chi connectivity index (χ0v) is 11.1. The lowest BCUT2D eigenvalue weighted by atomic mass is 10.1. The second-order valence-electron chi connectivity index (χ2n) is 5.67. The van der Waals surface area contributed by atoms with Crippen LogP contribution in [0, 0.1) is 0 Å². The molecular weight excluding hydrogens is 238 g/mol.